The Labute approximate surface area is 126 Å². The van der Waals surface area contributed by atoms with Crippen LogP contribution >= 0.6 is 15.9 Å². The van der Waals surface area contributed by atoms with Crippen molar-refractivity contribution >= 4 is 31.6 Å². The van der Waals surface area contributed by atoms with Crippen LogP contribution in [0.2, 0.25) is 0 Å². The van der Waals surface area contributed by atoms with Gasteiger partial charge in [-0.25, -0.2) is 13.1 Å². The highest BCUT2D eigenvalue weighted by Gasteiger charge is 2.36. The van der Waals surface area contributed by atoms with Crippen molar-refractivity contribution in [3.05, 3.63) is 22.7 Å². The number of rotatable bonds is 5. The Morgan fingerprint density at radius 3 is 2.85 bits per heavy atom. The molecule has 2 rings (SSSR count). The fraction of sp³-hybridized carbons (Fsp3) is 0.500. The zero-order chi connectivity index (χ0) is 14.8. The third-order valence-electron chi connectivity index (χ3n) is 3.37. The minimum atomic E-state index is -3.61. The first-order chi connectivity index (χ1) is 9.38. The van der Waals surface area contributed by atoms with Crippen LogP contribution in [0.15, 0.2) is 27.6 Å². The number of hydrogen-bond donors (Lipinski definition) is 2. The molecule has 1 aliphatic heterocycles. The summed E-state index contributed by atoms with van der Waals surface area (Å²) in [6, 6.07) is 4.48. The predicted octanol–water partition coefficient (Wildman–Crippen LogP) is 1.12. The number of nitrogen functional groups attached to an aromatic ring is 1. The third kappa shape index (κ3) is 3.32. The molecule has 1 aliphatic rings. The molecule has 6 nitrogen and oxygen atoms in total. The minimum absolute atomic E-state index is 0.156. The Balaban J connectivity index is 2.13. The van der Waals surface area contributed by atoms with Gasteiger partial charge in [-0.15, -0.1) is 0 Å². The Kier molecular flexibility index (Phi) is 4.70. The number of benzene rings is 1. The van der Waals surface area contributed by atoms with Crippen molar-refractivity contribution in [2.75, 3.05) is 32.6 Å². The van der Waals surface area contributed by atoms with Gasteiger partial charge < -0.3 is 15.2 Å². The van der Waals surface area contributed by atoms with Crippen LogP contribution in [-0.2, 0) is 19.5 Å². The standard InChI is InChI=1S/C12H17BrN2O4S/c1-18-12(4-5-19-8-12)7-15-20(16,17)9-2-3-11(14)10(13)6-9/h2-3,6,15H,4-5,7-8,14H2,1H3. The normalized spacial score (nSPS) is 23.1. The van der Waals surface area contributed by atoms with E-state index in [9.17, 15) is 8.42 Å². The molecule has 3 N–H and O–H groups in total. The van der Waals surface area contributed by atoms with Gasteiger partial charge >= 0.3 is 0 Å². The number of methoxy groups -OCH3 is 1. The predicted molar refractivity (Wildman–Crippen MR) is 78.9 cm³/mol. The molecule has 0 aliphatic carbocycles. The van der Waals surface area contributed by atoms with Crippen LogP contribution in [0.1, 0.15) is 6.42 Å². The van der Waals surface area contributed by atoms with Gasteiger partial charge in [0.1, 0.15) is 5.60 Å². The summed E-state index contributed by atoms with van der Waals surface area (Å²) in [6.07, 6.45) is 0.664. The molecular formula is C12H17BrN2O4S. The van der Waals surface area contributed by atoms with Crippen LogP contribution in [0.5, 0.6) is 0 Å². The van der Waals surface area contributed by atoms with Gasteiger partial charge in [0.2, 0.25) is 10.0 Å². The highest BCUT2D eigenvalue weighted by atomic mass is 79.9. The van der Waals surface area contributed by atoms with Gasteiger partial charge in [0.15, 0.2) is 0 Å². The molecule has 0 bridgehead atoms. The van der Waals surface area contributed by atoms with Crippen molar-refractivity contribution in [1.29, 1.82) is 0 Å². The van der Waals surface area contributed by atoms with Gasteiger partial charge in [-0.3, -0.25) is 0 Å². The first-order valence-corrected chi connectivity index (χ1v) is 8.34. The second-order valence-corrected chi connectivity index (χ2v) is 7.32. The number of hydrogen-bond acceptors (Lipinski definition) is 5. The van der Waals surface area contributed by atoms with E-state index in [0.717, 1.165) is 0 Å². The quantitative estimate of drug-likeness (QED) is 0.763. The number of anilines is 1. The van der Waals surface area contributed by atoms with Crippen LogP contribution in [0.3, 0.4) is 0 Å². The zero-order valence-corrected chi connectivity index (χ0v) is 13.5. The van der Waals surface area contributed by atoms with Gasteiger partial charge in [0.05, 0.1) is 11.5 Å². The van der Waals surface area contributed by atoms with Crippen LogP contribution < -0.4 is 10.5 Å². The van der Waals surface area contributed by atoms with Gasteiger partial charge in [-0.2, -0.15) is 0 Å². The van der Waals surface area contributed by atoms with Crippen molar-refractivity contribution < 1.29 is 17.9 Å². The van der Waals surface area contributed by atoms with E-state index in [0.29, 0.717) is 29.8 Å². The maximum Gasteiger partial charge on any atom is 0.240 e. The van der Waals surface area contributed by atoms with Crippen molar-refractivity contribution in [2.24, 2.45) is 0 Å². The van der Waals surface area contributed by atoms with E-state index < -0.39 is 15.6 Å². The first-order valence-electron chi connectivity index (χ1n) is 6.06. The highest BCUT2D eigenvalue weighted by molar-refractivity contribution is 9.10. The van der Waals surface area contributed by atoms with Gasteiger partial charge in [-0.05, 0) is 34.1 Å². The molecule has 1 aromatic carbocycles. The molecule has 1 atom stereocenters. The molecule has 1 fully saturated rings. The van der Waals surface area contributed by atoms with Crippen molar-refractivity contribution in [1.82, 2.24) is 4.72 Å². The van der Waals surface area contributed by atoms with E-state index >= 15 is 0 Å². The summed E-state index contributed by atoms with van der Waals surface area (Å²) in [5.74, 6) is 0. The molecule has 1 unspecified atom stereocenters. The lowest BCUT2D eigenvalue weighted by atomic mass is 10.0. The number of halogens is 1. The molecule has 1 heterocycles. The Morgan fingerprint density at radius 2 is 2.30 bits per heavy atom. The second kappa shape index (κ2) is 5.98. The van der Waals surface area contributed by atoms with Crippen molar-refractivity contribution in [3.8, 4) is 0 Å². The van der Waals surface area contributed by atoms with Gasteiger partial charge in [0.25, 0.3) is 0 Å². The lowest BCUT2D eigenvalue weighted by Crippen LogP contribution is -2.44. The van der Waals surface area contributed by atoms with Crippen LogP contribution in [0.4, 0.5) is 5.69 Å². The monoisotopic (exact) mass is 364 g/mol. The van der Waals surface area contributed by atoms with Gasteiger partial charge in [-0.1, -0.05) is 0 Å². The average Bonchev–Trinajstić information content (AvgIpc) is 2.89. The average molecular weight is 365 g/mol. The number of ether oxygens (including phenoxy) is 2. The number of sulfonamides is 1. The molecule has 1 aromatic rings. The van der Waals surface area contributed by atoms with Gasteiger partial charge in [0, 0.05) is 36.8 Å². The molecule has 112 valence electrons. The van der Waals surface area contributed by atoms with E-state index in [2.05, 4.69) is 20.7 Å². The first kappa shape index (κ1) is 15.7. The maximum atomic E-state index is 12.2. The molecule has 0 aromatic heterocycles. The summed E-state index contributed by atoms with van der Waals surface area (Å²) in [5, 5.41) is 0. The second-order valence-electron chi connectivity index (χ2n) is 4.70. The van der Waals surface area contributed by atoms with E-state index in [4.69, 9.17) is 15.2 Å². The molecule has 0 saturated carbocycles. The van der Waals surface area contributed by atoms with E-state index in [1.165, 1.54) is 12.1 Å². The molecular weight excluding hydrogens is 348 g/mol. The summed E-state index contributed by atoms with van der Waals surface area (Å²) in [7, 11) is -2.05. The van der Waals surface area contributed by atoms with E-state index in [1.807, 2.05) is 0 Å². The molecule has 8 heteroatoms. The fourth-order valence-electron chi connectivity index (χ4n) is 1.95. The number of nitrogens with two attached hydrogens (primary N) is 1. The molecule has 0 spiro atoms. The van der Waals surface area contributed by atoms with E-state index in [-0.39, 0.29) is 11.4 Å². The van der Waals surface area contributed by atoms with Crippen LogP contribution in [0.25, 0.3) is 0 Å². The molecule has 1 saturated heterocycles. The smallest absolute Gasteiger partial charge is 0.240 e. The lowest BCUT2D eigenvalue weighted by molar-refractivity contribution is -0.0120. The zero-order valence-electron chi connectivity index (χ0n) is 11.1. The Morgan fingerprint density at radius 1 is 1.55 bits per heavy atom. The largest absolute Gasteiger partial charge is 0.398 e. The summed E-state index contributed by atoms with van der Waals surface area (Å²) in [4.78, 5) is 0.156. The van der Waals surface area contributed by atoms with Crippen molar-refractivity contribution in [2.45, 2.75) is 16.9 Å². The lowest BCUT2D eigenvalue weighted by Gasteiger charge is -2.25. The maximum absolute atomic E-state index is 12.2. The molecule has 0 amide bonds. The Bertz CT molecular complexity index is 585. The van der Waals surface area contributed by atoms with Crippen LogP contribution in [0, 0.1) is 0 Å². The summed E-state index contributed by atoms with van der Waals surface area (Å²) in [5.41, 5.74) is 5.55. The molecule has 0 radical (unpaired) electrons. The summed E-state index contributed by atoms with van der Waals surface area (Å²) in [6.45, 7) is 1.13. The van der Waals surface area contributed by atoms with Crippen LogP contribution in [-0.4, -0.2) is 40.9 Å². The molecule has 20 heavy (non-hydrogen) atoms. The SMILES string of the molecule is COC1(CNS(=O)(=O)c2ccc(N)c(Br)c2)CCOC1. The summed E-state index contributed by atoms with van der Waals surface area (Å²) >= 11 is 3.22. The topological polar surface area (TPSA) is 90.7 Å². The fourth-order valence-corrected chi connectivity index (χ4v) is 3.62. The summed E-state index contributed by atoms with van der Waals surface area (Å²) < 4.78 is 38.3. The van der Waals surface area contributed by atoms with E-state index in [1.54, 1.807) is 13.2 Å². The highest BCUT2D eigenvalue weighted by Crippen LogP contribution is 2.25. The minimum Gasteiger partial charge on any atom is -0.398 e. The number of nitrogens with one attached hydrogen (secondary N) is 1. The Hall–Kier alpha value is -0.670. The van der Waals surface area contributed by atoms with Crippen molar-refractivity contribution in [3.63, 3.8) is 0 Å². The third-order valence-corrected chi connectivity index (χ3v) is 5.45.